The molecule has 2 rings (SSSR count). The van der Waals surface area contributed by atoms with Gasteiger partial charge in [0, 0.05) is 23.8 Å². The van der Waals surface area contributed by atoms with Crippen molar-refractivity contribution < 1.29 is 5.11 Å². The fourth-order valence-electron chi connectivity index (χ4n) is 2.54. The van der Waals surface area contributed by atoms with E-state index in [9.17, 15) is 5.11 Å². The second-order valence-electron chi connectivity index (χ2n) is 4.67. The monoisotopic (exact) mass is 219 g/mol. The second kappa shape index (κ2) is 4.88. The molecule has 88 valence electrons. The minimum Gasteiger partial charge on any atom is -0.388 e. The molecule has 0 saturated carbocycles. The van der Waals surface area contributed by atoms with Gasteiger partial charge >= 0.3 is 0 Å². The Hall–Kier alpha value is -1.02. The molecule has 1 aromatic rings. The van der Waals surface area contributed by atoms with Gasteiger partial charge in [-0.05, 0) is 32.3 Å². The number of para-hydroxylation sites is 1. The van der Waals surface area contributed by atoms with Gasteiger partial charge in [-0.1, -0.05) is 25.1 Å². The van der Waals surface area contributed by atoms with E-state index in [1.165, 1.54) is 18.5 Å². The van der Waals surface area contributed by atoms with Crippen molar-refractivity contribution in [1.82, 2.24) is 0 Å². The molecule has 1 N–H and O–H groups in total. The summed E-state index contributed by atoms with van der Waals surface area (Å²) in [5, 5.41) is 10.0. The Morgan fingerprint density at radius 3 is 2.81 bits per heavy atom. The molecule has 0 spiro atoms. The van der Waals surface area contributed by atoms with Gasteiger partial charge in [0.2, 0.25) is 0 Å². The highest BCUT2D eigenvalue weighted by Gasteiger charge is 2.23. The summed E-state index contributed by atoms with van der Waals surface area (Å²) >= 11 is 0. The molecule has 0 amide bonds. The van der Waals surface area contributed by atoms with E-state index in [-0.39, 0.29) is 6.10 Å². The van der Waals surface area contributed by atoms with Crippen molar-refractivity contribution in [3.63, 3.8) is 0 Å². The van der Waals surface area contributed by atoms with E-state index in [2.05, 4.69) is 30.0 Å². The third-order valence-electron chi connectivity index (χ3n) is 3.54. The number of nitrogens with zero attached hydrogens (tertiary/aromatic N) is 1. The lowest BCUT2D eigenvalue weighted by molar-refractivity contribution is 0.174. The van der Waals surface area contributed by atoms with Crippen molar-refractivity contribution in [2.45, 2.75) is 45.3 Å². The smallest absolute Gasteiger partial charge is 0.0807 e. The molecule has 1 aliphatic heterocycles. The third kappa shape index (κ3) is 2.07. The molecule has 1 aliphatic rings. The Bertz CT molecular complexity index is 350. The predicted molar refractivity (Wildman–Crippen MR) is 67.7 cm³/mol. The highest BCUT2D eigenvalue weighted by atomic mass is 16.3. The van der Waals surface area contributed by atoms with Gasteiger partial charge in [-0.2, -0.15) is 0 Å². The first-order valence-corrected chi connectivity index (χ1v) is 6.27. The van der Waals surface area contributed by atoms with E-state index in [0.717, 1.165) is 18.5 Å². The quantitative estimate of drug-likeness (QED) is 0.844. The van der Waals surface area contributed by atoms with E-state index in [4.69, 9.17) is 0 Å². The normalized spacial score (nSPS) is 22.4. The molecule has 1 heterocycles. The number of anilines is 1. The molecule has 2 heteroatoms. The highest BCUT2D eigenvalue weighted by molar-refractivity contribution is 5.56. The Balaban J connectivity index is 2.32. The van der Waals surface area contributed by atoms with Crippen molar-refractivity contribution in [2.75, 3.05) is 11.4 Å². The molecule has 0 aromatic heterocycles. The van der Waals surface area contributed by atoms with Crippen molar-refractivity contribution in [3.05, 3.63) is 29.8 Å². The molecule has 1 fully saturated rings. The Morgan fingerprint density at radius 1 is 1.44 bits per heavy atom. The largest absolute Gasteiger partial charge is 0.388 e. The summed E-state index contributed by atoms with van der Waals surface area (Å²) in [6.45, 7) is 5.41. The van der Waals surface area contributed by atoms with Gasteiger partial charge in [-0.15, -0.1) is 0 Å². The maximum Gasteiger partial charge on any atom is 0.0807 e. The zero-order valence-electron chi connectivity index (χ0n) is 10.2. The summed E-state index contributed by atoms with van der Waals surface area (Å²) in [6, 6.07) is 8.86. The first kappa shape index (κ1) is 11.5. The molecular weight excluding hydrogens is 198 g/mol. The molecule has 2 unspecified atom stereocenters. The van der Waals surface area contributed by atoms with Crippen LogP contribution in [-0.4, -0.2) is 17.7 Å². The van der Waals surface area contributed by atoms with Crippen LogP contribution in [0.4, 0.5) is 5.69 Å². The number of aliphatic hydroxyl groups is 1. The summed E-state index contributed by atoms with van der Waals surface area (Å²) < 4.78 is 0. The number of hydrogen-bond acceptors (Lipinski definition) is 2. The van der Waals surface area contributed by atoms with Crippen LogP contribution < -0.4 is 4.90 Å². The maximum absolute atomic E-state index is 10.0. The molecular formula is C14H21NO. The third-order valence-corrected chi connectivity index (χ3v) is 3.54. The Labute approximate surface area is 97.9 Å². The average molecular weight is 219 g/mol. The fourth-order valence-corrected chi connectivity index (χ4v) is 2.54. The van der Waals surface area contributed by atoms with Gasteiger partial charge in [-0.3, -0.25) is 0 Å². The first-order valence-electron chi connectivity index (χ1n) is 6.27. The lowest BCUT2D eigenvalue weighted by Crippen LogP contribution is -2.27. The summed E-state index contributed by atoms with van der Waals surface area (Å²) in [5.41, 5.74) is 2.31. The van der Waals surface area contributed by atoms with Crippen LogP contribution in [0.3, 0.4) is 0 Å². The Kier molecular flexibility index (Phi) is 3.49. The molecule has 16 heavy (non-hydrogen) atoms. The first-order chi connectivity index (χ1) is 7.74. The highest BCUT2D eigenvalue weighted by Crippen LogP contribution is 2.32. The summed E-state index contributed by atoms with van der Waals surface area (Å²) in [7, 11) is 0. The van der Waals surface area contributed by atoms with Crippen molar-refractivity contribution in [3.8, 4) is 0 Å². The van der Waals surface area contributed by atoms with Crippen molar-refractivity contribution in [2.24, 2.45) is 0 Å². The molecule has 1 saturated heterocycles. The van der Waals surface area contributed by atoms with E-state index >= 15 is 0 Å². The van der Waals surface area contributed by atoms with Gasteiger partial charge in [-0.25, -0.2) is 0 Å². The Morgan fingerprint density at radius 2 is 2.19 bits per heavy atom. The maximum atomic E-state index is 10.0. The summed E-state index contributed by atoms with van der Waals surface area (Å²) in [4.78, 5) is 2.42. The minimum absolute atomic E-state index is 0.330. The molecule has 0 bridgehead atoms. The van der Waals surface area contributed by atoms with Gasteiger partial charge in [0.25, 0.3) is 0 Å². The molecule has 0 radical (unpaired) electrons. The minimum atomic E-state index is -0.330. The lowest BCUT2D eigenvalue weighted by atomic mass is 10.0. The summed E-state index contributed by atoms with van der Waals surface area (Å²) in [5.74, 6) is 0. The van der Waals surface area contributed by atoms with Crippen molar-refractivity contribution in [1.29, 1.82) is 0 Å². The van der Waals surface area contributed by atoms with Crippen LogP contribution in [0.15, 0.2) is 24.3 Å². The van der Waals surface area contributed by atoms with Crippen LogP contribution in [-0.2, 0) is 0 Å². The van der Waals surface area contributed by atoms with Crippen LogP contribution in [0.1, 0.15) is 44.8 Å². The second-order valence-corrected chi connectivity index (χ2v) is 4.67. The van der Waals surface area contributed by atoms with Crippen LogP contribution in [0.25, 0.3) is 0 Å². The van der Waals surface area contributed by atoms with Gasteiger partial charge in [0.1, 0.15) is 0 Å². The summed E-state index contributed by atoms with van der Waals surface area (Å²) in [6.07, 6.45) is 2.97. The molecule has 2 atom stereocenters. The number of hydrogen-bond donors (Lipinski definition) is 1. The fraction of sp³-hybridized carbons (Fsp3) is 0.571. The van der Waals surface area contributed by atoms with Crippen molar-refractivity contribution >= 4 is 5.69 Å². The molecule has 2 nitrogen and oxygen atoms in total. The van der Waals surface area contributed by atoms with Crippen LogP contribution in [0, 0.1) is 0 Å². The number of aliphatic hydroxyl groups excluding tert-OH is 1. The molecule has 1 aromatic carbocycles. The lowest BCUT2D eigenvalue weighted by Gasteiger charge is -2.27. The van der Waals surface area contributed by atoms with E-state index in [1.54, 1.807) is 0 Å². The average Bonchev–Trinajstić information content (AvgIpc) is 2.74. The van der Waals surface area contributed by atoms with Crippen LogP contribution in [0.5, 0.6) is 0 Å². The number of rotatable bonds is 3. The van der Waals surface area contributed by atoms with Gasteiger partial charge in [0.15, 0.2) is 0 Å². The predicted octanol–water partition coefficient (Wildman–Crippen LogP) is 3.12. The van der Waals surface area contributed by atoms with Gasteiger partial charge < -0.3 is 10.0 Å². The number of benzene rings is 1. The van der Waals surface area contributed by atoms with Gasteiger partial charge in [0.05, 0.1) is 6.10 Å². The topological polar surface area (TPSA) is 23.5 Å². The van der Waals surface area contributed by atoms with E-state index in [0.29, 0.717) is 6.04 Å². The standard InChI is InChI=1S/C14H21NO/c1-3-14(16)12-8-4-5-9-13(12)15-10-6-7-11(15)2/h4-5,8-9,11,14,16H,3,6-7,10H2,1-2H3. The SMILES string of the molecule is CCC(O)c1ccccc1N1CCCC1C. The van der Waals surface area contributed by atoms with Crippen LogP contribution >= 0.6 is 0 Å². The zero-order valence-corrected chi connectivity index (χ0v) is 10.2. The van der Waals surface area contributed by atoms with E-state index < -0.39 is 0 Å². The van der Waals surface area contributed by atoms with E-state index in [1.807, 2.05) is 13.0 Å². The van der Waals surface area contributed by atoms with Crippen LogP contribution in [0.2, 0.25) is 0 Å². The zero-order chi connectivity index (χ0) is 11.5. The molecule has 0 aliphatic carbocycles.